The van der Waals surface area contributed by atoms with Crippen LogP contribution in [0.15, 0.2) is 41.8 Å². The lowest BCUT2D eigenvalue weighted by Crippen LogP contribution is -2.44. The molecule has 4 rings (SSSR count). The number of hydrogen-bond donors (Lipinski definition) is 1. The van der Waals surface area contributed by atoms with Gasteiger partial charge in [0.1, 0.15) is 0 Å². The first-order chi connectivity index (χ1) is 11.6. The van der Waals surface area contributed by atoms with E-state index in [4.69, 9.17) is 0 Å². The number of carboxylic acids is 1. The molecule has 24 heavy (non-hydrogen) atoms. The normalized spacial score (nSPS) is 27.5. The van der Waals surface area contributed by atoms with E-state index in [1.165, 1.54) is 9.75 Å². The molecule has 0 unspecified atom stereocenters. The van der Waals surface area contributed by atoms with Gasteiger partial charge >= 0.3 is 0 Å². The Morgan fingerprint density at radius 1 is 1.12 bits per heavy atom. The number of nitrogens with one attached hydrogen (secondary N) is 1. The lowest BCUT2D eigenvalue weighted by atomic mass is 9.82. The quantitative estimate of drug-likeness (QED) is 0.834. The fourth-order valence-electron chi connectivity index (χ4n) is 3.82. The van der Waals surface area contributed by atoms with E-state index in [9.17, 15) is 14.7 Å². The molecule has 2 aromatic heterocycles. The number of carbonyl (C=O) groups is 2. The van der Waals surface area contributed by atoms with E-state index in [1.807, 2.05) is 29.7 Å². The summed E-state index contributed by atoms with van der Waals surface area (Å²) in [6, 6.07) is 8.16. The zero-order valence-electron chi connectivity index (χ0n) is 12.8. The summed E-state index contributed by atoms with van der Waals surface area (Å²) in [5.74, 6) is -2.49. The topological polar surface area (TPSA) is 69.2 Å². The molecule has 2 aliphatic carbocycles. The summed E-state index contributed by atoms with van der Waals surface area (Å²) in [5, 5.41) is 16.4. The number of amides is 1. The number of carbonyl (C=O) groups excluding carboxylic acids is 2. The maximum absolute atomic E-state index is 12.5. The second kappa shape index (κ2) is 6.18. The third kappa shape index (κ3) is 2.70. The van der Waals surface area contributed by atoms with E-state index in [2.05, 4.69) is 17.4 Å². The van der Waals surface area contributed by atoms with E-state index >= 15 is 0 Å². The zero-order chi connectivity index (χ0) is 16.7. The standard InChI is InChI=1S/C18H17NO3S2/c20-17(15-10-3-4-11(8-10)16(15)18(21)22)19-9-12-5-6-14(24-12)13-2-1-7-23-13/h1-7,10-11,15-16H,8-9H2,(H,19,20)(H,21,22)/p-1/t10-,11-,15+,16-/m0/s1. The van der Waals surface area contributed by atoms with Crippen molar-refractivity contribution in [3.05, 3.63) is 46.7 Å². The number of allylic oxidation sites excluding steroid dienone is 2. The Morgan fingerprint density at radius 3 is 2.62 bits per heavy atom. The molecule has 2 bridgehead atoms. The third-order valence-corrected chi connectivity index (χ3v) is 7.05. The number of aliphatic carboxylic acids is 1. The summed E-state index contributed by atoms with van der Waals surface area (Å²) in [7, 11) is 0. The average molecular weight is 358 g/mol. The molecule has 1 fully saturated rings. The Hall–Kier alpha value is -1.92. The highest BCUT2D eigenvalue weighted by Gasteiger charge is 2.48. The first kappa shape index (κ1) is 15.6. The predicted octanol–water partition coefficient (Wildman–Crippen LogP) is 2.28. The van der Waals surface area contributed by atoms with Crippen LogP contribution in [0.2, 0.25) is 0 Å². The van der Waals surface area contributed by atoms with Crippen molar-refractivity contribution in [1.29, 1.82) is 0 Å². The lowest BCUT2D eigenvalue weighted by molar-refractivity contribution is -0.313. The molecular weight excluding hydrogens is 342 g/mol. The maximum Gasteiger partial charge on any atom is 0.224 e. The van der Waals surface area contributed by atoms with Crippen LogP contribution in [0.25, 0.3) is 9.75 Å². The van der Waals surface area contributed by atoms with Crippen LogP contribution in [0.1, 0.15) is 11.3 Å². The van der Waals surface area contributed by atoms with Crippen molar-refractivity contribution in [2.24, 2.45) is 23.7 Å². The van der Waals surface area contributed by atoms with Crippen LogP contribution < -0.4 is 10.4 Å². The number of hydrogen-bond acceptors (Lipinski definition) is 5. The van der Waals surface area contributed by atoms with Gasteiger partial charge in [-0.25, -0.2) is 0 Å². The van der Waals surface area contributed by atoms with Gasteiger partial charge in [-0.3, -0.25) is 4.79 Å². The predicted molar refractivity (Wildman–Crippen MR) is 92.2 cm³/mol. The molecule has 1 N–H and O–H groups in total. The van der Waals surface area contributed by atoms with Gasteiger partial charge in [0.2, 0.25) is 5.91 Å². The first-order valence-corrected chi connectivity index (χ1v) is 9.62. The Labute approximate surface area is 147 Å². The molecule has 0 saturated heterocycles. The van der Waals surface area contributed by atoms with Crippen molar-refractivity contribution in [3.63, 3.8) is 0 Å². The second-order valence-corrected chi connectivity index (χ2v) is 8.40. The highest BCUT2D eigenvalue weighted by Crippen LogP contribution is 2.47. The van der Waals surface area contributed by atoms with Gasteiger partial charge in [-0.15, -0.1) is 22.7 Å². The van der Waals surface area contributed by atoms with E-state index in [0.717, 1.165) is 11.3 Å². The average Bonchev–Trinajstić information content (AvgIpc) is 3.35. The molecule has 2 aromatic rings. The Kier molecular flexibility index (Phi) is 4.02. The number of rotatable bonds is 5. The van der Waals surface area contributed by atoms with Gasteiger partial charge in [0.25, 0.3) is 0 Å². The van der Waals surface area contributed by atoms with Crippen LogP contribution in [0.5, 0.6) is 0 Å². The molecule has 1 amide bonds. The molecule has 2 heterocycles. The molecule has 0 radical (unpaired) electrons. The molecule has 0 aliphatic heterocycles. The monoisotopic (exact) mass is 358 g/mol. The Bertz CT molecular complexity index is 793. The van der Waals surface area contributed by atoms with Gasteiger partial charge in [0.15, 0.2) is 0 Å². The van der Waals surface area contributed by atoms with Gasteiger partial charge < -0.3 is 15.2 Å². The lowest BCUT2D eigenvalue weighted by Gasteiger charge is -2.27. The summed E-state index contributed by atoms with van der Waals surface area (Å²) >= 11 is 3.34. The van der Waals surface area contributed by atoms with Crippen molar-refractivity contribution in [3.8, 4) is 9.75 Å². The van der Waals surface area contributed by atoms with Gasteiger partial charge in [0, 0.05) is 26.5 Å². The largest absolute Gasteiger partial charge is 0.550 e. The SMILES string of the molecule is O=C([O-])[C@@H]1[C@H](C(=O)NCc2ccc(-c3cccs3)s2)[C@H]2C=C[C@H]1C2. The molecule has 0 aromatic carbocycles. The molecule has 6 heteroatoms. The Morgan fingerprint density at radius 2 is 1.92 bits per heavy atom. The van der Waals surface area contributed by atoms with Crippen LogP contribution in [-0.4, -0.2) is 11.9 Å². The zero-order valence-corrected chi connectivity index (χ0v) is 14.4. The fraction of sp³-hybridized carbons (Fsp3) is 0.333. The van der Waals surface area contributed by atoms with E-state index in [-0.39, 0.29) is 17.7 Å². The van der Waals surface area contributed by atoms with Crippen molar-refractivity contribution in [2.45, 2.75) is 13.0 Å². The van der Waals surface area contributed by atoms with Crippen LogP contribution in [0.3, 0.4) is 0 Å². The highest BCUT2D eigenvalue weighted by atomic mass is 32.1. The third-order valence-electron chi connectivity index (χ3n) is 4.90. The van der Waals surface area contributed by atoms with Gasteiger partial charge in [-0.05, 0) is 41.8 Å². The van der Waals surface area contributed by atoms with Gasteiger partial charge in [-0.2, -0.15) is 0 Å². The second-order valence-electron chi connectivity index (χ2n) is 6.28. The van der Waals surface area contributed by atoms with E-state index < -0.39 is 17.8 Å². The molecule has 4 atom stereocenters. The van der Waals surface area contributed by atoms with Crippen LogP contribution >= 0.6 is 22.7 Å². The Balaban J connectivity index is 1.42. The number of thiophene rings is 2. The first-order valence-electron chi connectivity index (χ1n) is 7.93. The molecule has 1 saturated carbocycles. The van der Waals surface area contributed by atoms with Crippen LogP contribution in [0, 0.1) is 23.7 Å². The summed E-state index contributed by atoms with van der Waals surface area (Å²) in [5.41, 5.74) is 0. The summed E-state index contributed by atoms with van der Waals surface area (Å²) < 4.78 is 0. The van der Waals surface area contributed by atoms with Crippen molar-refractivity contribution in [1.82, 2.24) is 5.32 Å². The van der Waals surface area contributed by atoms with E-state index in [0.29, 0.717) is 6.54 Å². The molecular formula is C18H16NO3S2-. The fourth-order valence-corrected chi connectivity index (χ4v) is 5.60. The van der Waals surface area contributed by atoms with Crippen molar-refractivity contribution >= 4 is 34.6 Å². The van der Waals surface area contributed by atoms with E-state index in [1.54, 1.807) is 22.7 Å². The highest BCUT2D eigenvalue weighted by molar-refractivity contribution is 7.21. The minimum Gasteiger partial charge on any atom is -0.550 e. The summed E-state index contributed by atoms with van der Waals surface area (Å²) in [6.07, 6.45) is 4.65. The minimum atomic E-state index is -1.11. The molecule has 124 valence electrons. The minimum absolute atomic E-state index is 0.0305. The molecule has 2 aliphatic rings. The van der Waals surface area contributed by atoms with Crippen molar-refractivity contribution in [2.75, 3.05) is 0 Å². The van der Waals surface area contributed by atoms with Crippen LogP contribution in [-0.2, 0) is 16.1 Å². The summed E-state index contributed by atoms with van der Waals surface area (Å²) in [4.78, 5) is 27.4. The van der Waals surface area contributed by atoms with Crippen LogP contribution in [0.4, 0.5) is 0 Å². The number of carboxylic acid groups (broad SMARTS) is 1. The summed E-state index contributed by atoms with van der Waals surface area (Å²) in [6.45, 7) is 0.437. The van der Waals surface area contributed by atoms with Gasteiger partial charge in [0.05, 0.1) is 12.5 Å². The number of fused-ring (bicyclic) bond motifs is 2. The smallest absolute Gasteiger partial charge is 0.224 e. The van der Waals surface area contributed by atoms with Crippen molar-refractivity contribution < 1.29 is 14.7 Å². The molecule has 0 spiro atoms. The van der Waals surface area contributed by atoms with Gasteiger partial charge in [-0.1, -0.05) is 18.2 Å². The maximum atomic E-state index is 12.5. The molecule has 4 nitrogen and oxygen atoms in total.